The summed E-state index contributed by atoms with van der Waals surface area (Å²) in [5.41, 5.74) is 7.27. The van der Waals surface area contributed by atoms with Crippen LogP contribution in [0.15, 0.2) is 107 Å². The molecule has 256 valence electrons. The van der Waals surface area contributed by atoms with Crippen molar-refractivity contribution in [2.24, 2.45) is 10.7 Å². The molecule has 49 heavy (non-hydrogen) atoms. The highest BCUT2D eigenvalue weighted by atomic mass is 19.4. The Morgan fingerprint density at radius 2 is 1.71 bits per heavy atom. The molecule has 1 fully saturated rings. The van der Waals surface area contributed by atoms with Gasteiger partial charge in [-0.15, -0.1) is 0 Å². The van der Waals surface area contributed by atoms with Crippen molar-refractivity contribution in [1.29, 1.82) is 0 Å². The van der Waals surface area contributed by atoms with Crippen LogP contribution in [0.3, 0.4) is 0 Å². The molecule has 0 radical (unpaired) electrons. The monoisotopic (exact) mass is 676 g/mol. The van der Waals surface area contributed by atoms with E-state index in [9.17, 15) is 31.9 Å². The summed E-state index contributed by atoms with van der Waals surface area (Å²) in [5, 5.41) is 5.50. The van der Waals surface area contributed by atoms with E-state index in [-0.39, 0.29) is 41.7 Å². The molecule has 2 unspecified atom stereocenters. The topological polar surface area (TPSA) is 120 Å². The fourth-order valence-electron chi connectivity index (χ4n) is 5.94. The van der Waals surface area contributed by atoms with Gasteiger partial charge in [0, 0.05) is 48.0 Å². The van der Waals surface area contributed by atoms with Crippen LogP contribution < -0.4 is 16.4 Å². The summed E-state index contributed by atoms with van der Waals surface area (Å²) >= 11 is 0. The Bertz CT molecular complexity index is 1810. The number of hydrogen-bond donors (Lipinski definition) is 3. The van der Waals surface area contributed by atoms with Gasteiger partial charge in [-0.2, -0.15) is 13.2 Å². The first-order chi connectivity index (χ1) is 23.4. The molecule has 3 amide bonds. The lowest BCUT2D eigenvalue weighted by Gasteiger charge is -2.41. The summed E-state index contributed by atoms with van der Waals surface area (Å²) in [5.74, 6) is -3.35. The summed E-state index contributed by atoms with van der Waals surface area (Å²) in [6.45, 7) is 2.88. The number of nitrogens with two attached hydrogens (primary N) is 1. The summed E-state index contributed by atoms with van der Waals surface area (Å²) in [6.07, 6.45) is -2.13. The van der Waals surface area contributed by atoms with Crippen molar-refractivity contribution in [3.05, 3.63) is 124 Å². The molecule has 2 aliphatic heterocycles. The van der Waals surface area contributed by atoms with Gasteiger partial charge in [0.15, 0.2) is 0 Å². The average molecular weight is 677 g/mol. The van der Waals surface area contributed by atoms with E-state index < -0.39 is 41.3 Å². The molecule has 3 aromatic rings. The Balaban J connectivity index is 1.64. The number of amides is 3. The minimum atomic E-state index is -4.70. The Hall–Kier alpha value is -5.30. The lowest BCUT2D eigenvalue weighted by molar-refractivity contribution is -0.137. The first kappa shape index (κ1) is 35.0. The predicted molar refractivity (Wildman–Crippen MR) is 177 cm³/mol. The SMILES string of the molecule is CCN1C(=O)C(NC(=O)c2cccc(C(F)(F)F)c2)C(c2ccc(F)cc2)/C(=C(/N)CNC(=O)C2=CCCN(C)C2)C1=Nc1ccccc1. The number of aliphatic imine (C=N–C) groups is 1. The van der Waals surface area contributed by atoms with E-state index in [4.69, 9.17) is 10.7 Å². The number of benzene rings is 3. The Morgan fingerprint density at radius 1 is 1.00 bits per heavy atom. The van der Waals surface area contributed by atoms with E-state index in [2.05, 4.69) is 10.6 Å². The van der Waals surface area contributed by atoms with E-state index in [1.807, 2.05) is 18.0 Å². The molecular formula is C36H36F4N6O3. The lowest BCUT2D eigenvalue weighted by atomic mass is 9.78. The van der Waals surface area contributed by atoms with E-state index in [1.165, 1.54) is 35.2 Å². The zero-order valence-corrected chi connectivity index (χ0v) is 26.9. The predicted octanol–water partition coefficient (Wildman–Crippen LogP) is 4.91. The van der Waals surface area contributed by atoms with Gasteiger partial charge >= 0.3 is 6.18 Å². The van der Waals surface area contributed by atoms with Crippen LogP contribution >= 0.6 is 0 Å². The van der Waals surface area contributed by atoms with Crippen LogP contribution in [0.5, 0.6) is 0 Å². The molecule has 2 aliphatic rings. The van der Waals surface area contributed by atoms with Gasteiger partial charge in [-0.3, -0.25) is 19.3 Å². The maximum Gasteiger partial charge on any atom is 0.416 e. The maximum atomic E-state index is 14.3. The van der Waals surface area contributed by atoms with E-state index >= 15 is 0 Å². The van der Waals surface area contributed by atoms with Gasteiger partial charge in [0.1, 0.15) is 17.7 Å². The number of nitrogens with one attached hydrogen (secondary N) is 2. The van der Waals surface area contributed by atoms with Crippen molar-refractivity contribution in [3.63, 3.8) is 0 Å². The average Bonchev–Trinajstić information content (AvgIpc) is 3.08. The van der Waals surface area contributed by atoms with Gasteiger partial charge in [-0.1, -0.05) is 42.5 Å². The normalized spacial score (nSPS) is 20.5. The molecule has 2 atom stereocenters. The van der Waals surface area contributed by atoms with Crippen LogP contribution in [0.25, 0.3) is 0 Å². The molecule has 4 N–H and O–H groups in total. The van der Waals surface area contributed by atoms with Crippen LogP contribution in [-0.2, 0) is 15.8 Å². The third-order valence-corrected chi connectivity index (χ3v) is 8.37. The number of hydrogen-bond acceptors (Lipinski definition) is 6. The van der Waals surface area contributed by atoms with Crippen molar-refractivity contribution in [3.8, 4) is 0 Å². The largest absolute Gasteiger partial charge is 0.416 e. The third kappa shape index (κ3) is 8.06. The quantitative estimate of drug-likeness (QED) is 0.293. The van der Waals surface area contributed by atoms with Crippen LogP contribution in [0.4, 0.5) is 23.2 Å². The van der Waals surface area contributed by atoms with E-state index in [0.717, 1.165) is 18.7 Å². The number of amidine groups is 1. The fourth-order valence-corrected chi connectivity index (χ4v) is 5.94. The van der Waals surface area contributed by atoms with Crippen molar-refractivity contribution in [2.45, 2.75) is 31.5 Å². The highest BCUT2D eigenvalue weighted by Crippen LogP contribution is 2.38. The molecule has 3 aromatic carbocycles. The number of carbonyl (C=O) groups excluding carboxylic acids is 3. The molecule has 2 heterocycles. The summed E-state index contributed by atoms with van der Waals surface area (Å²) in [6, 6.07) is 16.5. The molecule has 0 bridgehead atoms. The number of rotatable bonds is 8. The summed E-state index contributed by atoms with van der Waals surface area (Å²) < 4.78 is 54.7. The second-order valence-electron chi connectivity index (χ2n) is 11.8. The zero-order valence-electron chi connectivity index (χ0n) is 26.9. The van der Waals surface area contributed by atoms with Gasteiger partial charge < -0.3 is 21.3 Å². The number of piperidine rings is 1. The van der Waals surface area contributed by atoms with Crippen LogP contribution in [0.1, 0.15) is 40.7 Å². The Labute approximate surface area is 281 Å². The molecule has 13 heteroatoms. The van der Waals surface area contributed by atoms with Crippen molar-refractivity contribution in [1.82, 2.24) is 20.4 Å². The second kappa shape index (κ2) is 14.9. The van der Waals surface area contributed by atoms with Gasteiger partial charge in [0.2, 0.25) is 5.91 Å². The van der Waals surface area contributed by atoms with Crippen LogP contribution in [-0.4, -0.2) is 72.6 Å². The number of para-hydroxylation sites is 1. The third-order valence-electron chi connectivity index (χ3n) is 8.37. The molecule has 0 aliphatic carbocycles. The number of likely N-dealkylation sites (N-methyl/N-ethyl adjacent to an activating group) is 2. The standard InChI is InChI=1S/C36H36F4N6O3/c1-3-46-32(43-27-12-5-4-6-13-27)30(28(41)20-42-33(47)24-10-8-18-45(2)21-24)29(22-14-16-26(37)17-15-22)31(35(46)49)44-34(48)23-9-7-11-25(19-23)36(38,39)40/h4-7,9-17,19,29,31H,3,8,18,20-21,41H2,1-2H3,(H,42,47)(H,44,48)/b30-28-,43-32?. The highest BCUT2D eigenvalue weighted by molar-refractivity contribution is 6.16. The van der Waals surface area contributed by atoms with Crippen LogP contribution in [0.2, 0.25) is 0 Å². The minimum Gasteiger partial charge on any atom is -0.400 e. The number of alkyl halides is 3. The number of halogens is 4. The fraction of sp³-hybridized carbons (Fsp3) is 0.278. The molecule has 0 saturated carbocycles. The lowest BCUT2D eigenvalue weighted by Crippen LogP contribution is -2.59. The molecular weight excluding hydrogens is 640 g/mol. The van der Waals surface area contributed by atoms with Crippen LogP contribution in [0, 0.1) is 5.82 Å². The molecule has 0 aromatic heterocycles. The molecule has 0 spiro atoms. The van der Waals surface area contributed by atoms with E-state index in [0.29, 0.717) is 35.9 Å². The first-order valence-electron chi connectivity index (χ1n) is 15.7. The number of nitrogens with zero attached hydrogens (tertiary/aromatic N) is 3. The summed E-state index contributed by atoms with van der Waals surface area (Å²) in [4.78, 5) is 49.2. The second-order valence-corrected chi connectivity index (χ2v) is 11.8. The van der Waals surface area contributed by atoms with Gasteiger partial charge in [0.25, 0.3) is 11.8 Å². The molecule has 5 rings (SSSR count). The molecule has 1 saturated heterocycles. The van der Waals surface area contributed by atoms with E-state index in [1.54, 1.807) is 37.3 Å². The smallest absolute Gasteiger partial charge is 0.400 e. The van der Waals surface area contributed by atoms with Crippen molar-refractivity contribution >= 4 is 29.2 Å². The van der Waals surface area contributed by atoms with Crippen molar-refractivity contribution < 1.29 is 31.9 Å². The summed E-state index contributed by atoms with van der Waals surface area (Å²) in [7, 11) is 1.91. The minimum absolute atomic E-state index is 0.0823. The Morgan fingerprint density at radius 3 is 2.37 bits per heavy atom. The highest BCUT2D eigenvalue weighted by Gasteiger charge is 2.46. The van der Waals surface area contributed by atoms with Crippen molar-refractivity contribution in [2.75, 3.05) is 33.2 Å². The van der Waals surface area contributed by atoms with Gasteiger partial charge in [0.05, 0.1) is 17.8 Å². The number of likely N-dealkylation sites (tertiary alicyclic amines) is 1. The van der Waals surface area contributed by atoms with Gasteiger partial charge in [-0.25, -0.2) is 9.38 Å². The number of carbonyl (C=O) groups is 3. The van der Waals surface area contributed by atoms with Gasteiger partial charge in [-0.05, 0) is 68.4 Å². The maximum absolute atomic E-state index is 14.3. The first-order valence-corrected chi connectivity index (χ1v) is 15.7. The Kier molecular flexibility index (Phi) is 10.6. The zero-order chi connectivity index (χ0) is 35.3. The molecule has 9 nitrogen and oxygen atoms in total.